The van der Waals surface area contributed by atoms with E-state index in [1.165, 1.54) is 7.11 Å². The van der Waals surface area contributed by atoms with E-state index in [1.54, 1.807) is 18.2 Å². The molecule has 1 aromatic carbocycles. The van der Waals surface area contributed by atoms with Gasteiger partial charge in [-0.05, 0) is 18.6 Å². The van der Waals surface area contributed by atoms with Crippen molar-refractivity contribution in [3.8, 4) is 5.75 Å². The molecule has 0 saturated heterocycles. The smallest absolute Gasteiger partial charge is 0.299 e. The van der Waals surface area contributed by atoms with Gasteiger partial charge in [0.2, 0.25) is 0 Å². The van der Waals surface area contributed by atoms with Crippen molar-refractivity contribution in [3.63, 3.8) is 0 Å². The fraction of sp³-hybridized carbons (Fsp3) is 0.400. The molecule has 17 heavy (non-hydrogen) atoms. The second-order valence-electron chi connectivity index (χ2n) is 3.45. The number of nitrogens with one attached hydrogen (secondary N) is 2. The molecule has 1 aromatic rings. The molecule has 0 amide bonds. The summed E-state index contributed by atoms with van der Waals surface area (Å²) in [5, 5.41) is 0. The zero-order chi connectivity index (χ0) is 12.9. The lowest BCUT2D eigenvalue weighted by molar-refractivity contribution is 0.415. The van der Waals surface area contributed by atoms with Crippen LogP contribution in [0.5, 0.6) is 5.75 Å². The van der Waals surface area contributed by atoms with E-state index in [0.29, 0.717) is 23.7 Å². The first-order chi connectivity index (χ1) is 7.98. The van der Waals surface area contributed by atoms with Crippen LogP contribution in [-0.2, 0) is 10.2 Å². The summed E-state index contributed by atoms with van der Waals surface area (Å²) in [6.07, 6.45) is 0.721. The highest BCUT2D eigenvalue weighted by Gasteiger charge is 2.10. The Hall–Kier alpha value is -1.47. The summed E-state index contributed by atoms with van der Waals surface area (Å²) >= 11 is 0. The normalized spacial score (nSPS) is 11.2. The van der Waals surface area contributed by atoms with Gasteiger partial charge in [-0.2, -0.15) is 13.1 Å². The fourth-order valence-corrected chi connectivity index (χ4v) is 2.20. The molecule has 6 nitrogen and oxygen atoms in total. The molecule has 4 N–H and O–H groups in total. The highest BCUT2D eigenvalue weighted by atomic mass is 32.2. The summed E-state index contributed by atoms with van der Waals surface area (Å²) in [4.78, 5) is 0. The molecule has 7 heteroatoms. The Labute approximate surface area is 101 Å². The third kappa shape index (κ3) is 4.12. The minimum Gasteiger partial charge on any atom is -0.497 e. The van der Waals surface area contributed by atoms with E-state index in [1.807, 2.05) is 6.92 Å². The summed E-state index contributed by atoms with van der Waals surface area (Å²) < 4.78 is 32.8. The number of hydrogen-bond acceptors (Lipinski definition) is 4. The zero-order valence-corrected chi connectivity index (χ0v) is 10.7. The van der Waals surface area contributed by atoms with Crippen LogP contribution in [0.3, 0.4) is 0 Å². The largest absolute Gasteiger partial charge is 0.497 e. The lowest BCUT2D eigenvalue weighted by Crippen LogP contribution is -2.30. The van der Waals surface area contributed by atoms with Crippen molar-refractivity contribution >= 4 is 21.6 Å². The fourth-order valence-electron chi connectivity index (χ4n) is 1.18. The minimum atomic E-state index is -3.56. The summed E-state index contributed by atoms with van der Waals surface area (Å²) in [6, 6.07) is 4.74. The van der Waals surface area contributed by atoms with Gasteiger partial charge in [0.1, 0.15) is 5.75 Å². The number of methoxy groups -OCH3 is 1. The van der Waals surface area contributed by atoms with E-state index >= 15 is 0 Å². The van der Waals surface area contributed by atoms with E-state index in [9.17, 15) is 8.42 Å². The Morgan fingerprint density at radius 2 is 2.12 bits per heavy atom. The molecule has 0 fully saturated rings. The molecule has 0 aliphatic heterocycles. The molecule has 96 valence electrons. The molecule has 0 heterocycles. The van der Waals surface area contributed by atoms with Gasteiger partial charge >= 0.3 is 0 Å². The Morgan fingerprint density at radius 3 is 2.65 bits per heavy atom. The Kier molecular flexibility index (Phi) is 4.59. The zero-order valence-electron chi connectivity index (χ0n) is 9.86. The van der Waals surface area contributed by atoms with Crippen LogP contribution in [0, 0.1) is 0 Å². The highest BCUT2D eigenvalue weighted by Crippen LogP contribution is 2.24. The second-order valence-corrected chi connectivity index (χ2v) is 4.95. The maximum atomic E-state index is 11.6. The van der Waals surface area contributed by atoms with Gasteiger partial charge in [-0.25, -0.2) is 0 Å². The summed E-state index contributed by atoms with van der Waals surface area (Å²) in [6.45, 7) is 2.26. The second kappa shape index (κ2) is 5.74. The van der Waals surface area contributed by atoms with E-state index in [4.69, 9.17) is 10.5 Å². The minimum absolute atomic E-state index is 0.311. The van der Waals surface area contributed by atoms with Crippen LogP contribution in [0.15, 0.2) is 18.2 Å². The molecule has 0 aliphatic carbocycles. The lowest BCUT2D eigenvalue weighted by atomic mass is 10.2. The van der Waals surface area contributed by atoms with Gasteiger partial charge in [0, 0.05) is 12.6 Å². The molecule has 0 atom stereocenters. The van der Waals surface area contributed by atoms with Gasteiger partial charge in [0.25, 0.3) is 10.2 Å². The van der Waals surface area contributed by atoms with Crippen LogP contribution >= 0.6 is 0 Å². The van der Waals surface area contributed by atoms with Gasteiger partial charge in [-0.15, -0.1) is 0 Å². The summed E-state index contributed by atoms with van der Waals surface area (Å²) in [5.41, 5.74) is 6.34. The Morgan fingerprint density at radius 1 is 1.41 bits per heavy atom. The van der Waals surface area contributed by atoms with Crippen LogP contribution in [0.25, 0.3) is 0 Å². The first-order valence-electron chi connectivity index (χ1n) is 5.19. The highest BCUT2D eigenvalue weighted by molar-refractivity contribution is 7.90. The SMILES string of the molecule is CCCNS(=O)(=O)Nc1ccc(OC)cc1N. The molecule has 0 radical (unpaired) electrons. The number of nitrogens with two attached hydrogens (primary N) is 1. The third-order valence-corrected chi connectivity index (χ3v) is 3.12. The van der Waals surface area contributed by atoms with Crippen molar-refractivity contribution in [2.75, 3.05) is 24.1 Å². The molecule has 1 rings (SSSR count). The molecule has 0 spiro atoms. The van der Waals surface area contributed by atoms with Crippen LogP contribution < -0.4 is 19.9 Å². The van der Waals surface area contributed by atoms with E-state index in [-0.39, 0.29) is 0 Å². The molecular weight excluding hydrogens is 242 g/mol. The topological polar surface area (TPSA) is 93.5 Å². The molecule has 0 bridgehead atoms. The van der Waals surface area contributed by atoms with Crippen molar-refractivity contribution in [1.82, 2.24) is 4.72 Å². The number of nitrogen functional groups attached to an aromatic ring is 1. The summed E-state index contributed by atoms with van der Waals surface area (Å²) in [7, 11) is -2.04. The Balaban J connectivity index is 2.81. The van der Waals surface area contributed by atoms with Crippen molar-refractivity contribution in [2.24, 2.45) is 0 Å². The number of ether oxygens (including phenoxy) is 1. The molecule has 0 aliphatic rings. The molecule has 0 unspecified atom stereocenters. The molecular formula is C10H17N3O3S. The van der Waals surface area contributed by atoms with E-state index in [0.717, 1.165) is 6.42 Å². The number of benzene rings is 1. The average Bonchev–Trinajstić information content (AvgIpc) is 2.29. The van der Waals surface area contributed by atoms with E-state index < -0.39 is 10.2 Å². The predicted octanol–water partition coefficient (Wildman–Crippen LogP) is 0.934. The third-order valence-electron chi connectivity index (χ3n) is 2.05. The van der Waals surface area contributed by atoms with Crippen LogP contribution in [0.2, 0.25) is 0 Å². The van der Waals surface area contributed by atoms with Crippen molar-refractivity contribution in [2.45, 2.75) is 13.3 Å². The maximum Gasteiger partial charge on any atom is 0.299 e. The Bertz CT molecular complexity index is 474. The van der Waals surface area contributed by atoms with E-state index in [2.05, 4.69) is 9.44 Å². The van der Waals surface area contributed by atoms with Crippen LogP contribution in [0.1, 0.15) is 13.3 Å². The van der Waals surface area contributed by atoms with Crippen LogP contribution in [0.4, 0.5) is 11.4 Å². The van der Waals surface area contributed by atoms with Gasteiger partial charge in [-0.1, -0.05) is 6.92 Å². The first-order valence-corrected chi connectivity index (χ1v) is 6.67. The van der Waals surface area contributed by atoms with Crippen molar-refractivity contribution in [1.29, 1.82) is 0 Å². The maximum absolute atomic E-state index is 11.6. The quantitative estimate of drug-likeness (QED) is 0.663. The first kappa shape index (κ1) is 13.6. The van der Waals surface area contributed by atoms with Gasteiger partial charge in [0.05, 0.1) is 18.5 Å². The molecule has 0 aromatic heterocycles. The average molecular weight is 259 g/mol. The number of rotatable bonds is 6. The van der Waals surface area contributed by atoms with Gasteiger partial charge in [-0.3, -0.25) is 4.72 Å². The van der Waals surface area contributed by atoms with Gasteiger partial charge in [0.15, 0.2) is 0 Å². The van der Waals surface area contributed by atoms with Crippen LogP contribution in [-0.4, -0.2) is 22.1 Å². The molecule has 0 saturated carbocycles. The number of hydrogen-bond donors (Lipinski definition) is 3. The standard InChI is InChI=1S/C10H17N3O3S/c1-3-6-12-17(14,15)13-10-5-4-8(16-2)7-9(10)11/h4-5,7,12-13H,3,6,11H2,1-2H3. The lowest BCUT2D eigenvalue weighted by Gasteiger charge is -2.11. The van der Waals surface area contributed by atoms with Crippen molar-refractivity contribution in [3.05, 3.63) is 18.2 Å². The predicted molar refractivity (Wildman–Crippen MR) is 68.2 cm³/mol. The summed E-state index contributed by atoms with van der Waals surface area (Å²) in [5.74, 6) is 0.576. The van der Waals surface area contributed by atoms with Crippen molar-refractivity contribution < 1.29 is 13.2 Å². The van der Waals surface area contributed by atoms with Gasteiger partial charge < -0.3 is 10.5 Å². The monoisotopic (exact) mass is 259 g/mol. The number of anilines is 2.